The minimum atomic E-state index is -0.358. The molecule has 20 heavy (non-hydrogen) atoms. The number of hydrogen-bond donors (Lipinski definition) is 0. The molecule has 0 N–H and O–H groups in total. The van der Waals surface area contributed by atoms with Crippen molar-refractivity contribution in [3.05, 3.63) is 77.2 Å². The Morgan fingerprint density at radius 1 is 0.900 bits per heavy atom. The van der Waals surface area contributed by atoms with Gasteiger partial charge >= 0.3 is 5.97 Å². The molecule has 0 heterocycles. The lowest BCUT2D eigenvalue weighted by molar-refractivity contribution is 0.0601. The zero-order chi connectivity index (χ0) is 14.4. The van der Waals surface area contributed by atoms with Crippen LogP contribution in [-0.2, 0) is 4.74 Å². The summed E-state index contributed by atoms with van der Waals surface area (Å²) in [6, 6.07) is 14.2. The SMILES string of the molecule is [C-]#Cc1ccc(C#Cc2ccc(C(=O)OC)cc2)cc1. The summed E-state index contributed by atoms with van der Waals surface area (Å²) >= 11 is 0. The van der Waals surface area contributed by atoms with Crippen molar-refractivity contribution in [3.63, 3.8) is 0 Å². The number of hydrogen-bond acceptors (Lipinski definition) is 2. The molecular formula is C18H11O2-. The van der Waals surface area contributed by atoms with Crippen molar-refractivity contribution in [2.45, 2.75) is 0 Å². The van der Waals surface area contributed by atoms with Gasteiger partial charge < -0.3 is 11.2 Å². The van der Waals surface area contributed by atoms with Gasteiger partial charge in [0.25, 0.3) is 0 Å². The molecule has 0 amide bonds. The summed E-state index contributed by atoms with van der Waals surface area (Å²) < 4.78 is 4.63. The van der Waals surface area contributed by atoms with Crippen LogP contribution in [0.15, 0.2) is 48.5 Å². The summed E-state index contributed by atoms with van der Waals surface area (Å²) in [6.07, 6.45) is 7.00. The molecule has 0 aromatic heterocycles. The standard InChI is InChI=1S/C18H11O2/c1-3-14-4-6-15(7-5-14)8-9-16-10-12-17(13-11-16)18(19)20-2/h4-7,10-13H,2H3/q-1. The average Bonchev–Trinajstić information content (AvgIpc) is 2.53. The number of rotatable bonds is 1. The van der Waals surface area contributed by atoms with E-state index in [9.17, 15) is 4.79 Å². The quantitative estimate of drug-likeness (QED) is 0.447. The lowest BCUT2D eigenvalue weighted by atomic mass is 10.1. The zero-order valence-electron chi connectivity index (χ0n) is 10.9. The molecule has 0 aliphatic rings. The summed E-state index contributed by atoms with van der Waals surface area (Å²) in [7, 11) is 1.35. The molecule has 0 aliphatic heterocycles. The molecule has 2 aromatic carbocycles. The summed E-state index contributed by atoms with van der Waals surface area (Å²) in [4.78, 5) is 11.3. The first-order chi connectivity index (χ1) is 9.72. The van der Waals surface area contributed by atoms with Crippen molar-refractivity contribution >= 4 is 5.97 Å². The van der Waals surface area contributed by atoms with Crippen LogP contribution in [0.25, 0.3) is 0 Å². The molecule has 0 aliphatic carbocycles. The van der Waals surface area contributed by atoms with Crippen molar-refractivity contribution in [3.8, 4) is 17.8 Å². The van der Waals surface area contributed by atoms with Gasteiger partial charge in [0.1, 0.15) is 0 Å². The van der Waals surface area contributed by atoms with Crippen molar-refractivity contribution in [1.82, 2.24) is 0 Å². The predicted octanol–water partition coefficient (Wildman–Crippen LogP) is 2.81. The highest BCUT2D eigenvalue weighted by atomic mass is 16.5. The first-order valence-electron chi connectivity index (χ1n) is 5.96. The lowest BCUT2D eigenvalue weighted by Crippen LogP contribution is -2.00. The summed E-state index contributed by atoms with van der Waals surface area (Å²) in [5.41, 5.74) is 2.91. The lowest BCUT2D eigenvalue weighted by Gasteiger charge is -1.99. The number of benzene rings is 2. The van der Waals surface area contributed by atoms with Gasteiger partial charge in [0.15, 0.2) is 0 Å². The smallest absolute Gasteiger partial charge is 0.337 e. The Hall–Kier alpha value is -2.97. The molecule has 0 radical (unpaired) electrons. The normalized spacial score (nSPS) is 9.00. The largest absolute Gasteiger partial charge is 0.465 e. The molecule has 2 aromatic rings. The van der Waals surface area contributed by atoms with Crippen LogP contribution >= 0.6 is 0 Å². The fourth-order valence-electron chi connectivity index (χ4n) is 1.59. The molecule has 0 bridgehead atoms. The first-order valence-corrected chi connectivity index (χ1v) is 5.96. The Kier molecular flexibility index (Phi) is 4.22. The Morgan fingerprint density at radius 2 is 1.35 bits per heavy atom. The van der Waals surface area contributed by atoms with Gasteiger partial charge in [-0.15, -0.1) is 17.7 Å². The van der Waals surface area contributed by atoms with Crippen molar-refractivity contribution < 1.29 is 9.53 Å². The van der Waals surface area contributed by atoms with E-state index < -0.39 is 0 Å². The molecule has 2 heteroatoms. The first kappa shape index (κ1) is 13.5. The number of carbonyl (C=O) groups excluding carboxylic acids is 1. The molecule has 2 nitrogen and oxygen atoms in total. The van der Waals surface area contributed by atoms with Crippen LogP contribution in [0.5, 0.6) is 0 Å². The summed E-state index contributed by atoms with van der Waals surface area (Å²) in [5.74, 6) is 7.98. The van der Waals surface area contributed by atoms with Crippen LogP contribution in [0.3, 0.4) is 0 Å². The maximum absolute atomic E-state index is 11.3. The van der Waals surface area contributed by atoms with Gasteiger partial charge in [0, 0.05) is 11.1 Å². The molecule has 0 saturated carbocycles. The second kappa shape index (κ2) is 6.27. The van der Waals surface area contributed by atoms with Crippen LogP contribution in [-0.4, -0.2) is 13.1 Å². The summed E-state index contributed by atoms with van der Waals surface area (Å²) in [6.45, 7) is 0. The number of methoxy groups -OCH3 is 1. The van der Waals surface area contributed by atoms with Gasteiger partial charge in [0.05, 0.1) is 12.7 Å². The Balaban J connectivity index is 2.16. The third-order valence-electron chi connectivity index (χ3n) is 2.69. The van der Waals surface area contributed by atoms with Crippen LogP contribution < -0.4 is 0 Å². The molecule has 0 atom stereocenters. The number of carbonyl (C=O) groups is 1. The molecule has 0 unspecified atom stereocenters. The van der Waals surface area contributed by atoms with E-state index in [1.54, 1.807) is 36.4 Å². The van der Waals surface area contributed by atoms with Crippen LogP contribution in [0.1, 0.15) is 27.0 Å². The summed E-state index contributed by atoms with van der Waals surface area (Å²) in [5, 5.41) is 0. The molecular weight excluding hydrogens is 248 g/mol. The zero-order valence-corrected chi connectivity index (χ0v) is 10.9. The molecule has 0 fully saturated rings. The molecule has 96 valence electrons. The fraction of sp³-hybridized carbons (Fsp3) is 0.0556. The molecule has 0 saturated heterocycles. The van der Waals surface area contributed by atoms with E-state index >= 15 is 0 Å². The van der Waals surface area contributed by atoms with E-state index in [-0.39, 0.29) is 5.97 Å². The Bertz CT molecular complexity index is 705. The second-order valence-electron chi connectivity index (χ2n) is 4.02. The van der Waals surface area contributed by atoms with Gasteiger partial charge in [-0.25, -0.2) is 4.79 Å². The maximum atomic E-state index is 11.3. The Morgan fingerprint density at radius 3 is 1.80 bits per heavy atom. The third kappa shape index (κ3) is 3.28. The second-order valence-corrected chi connectivity index (χ2v) is 4.02. The van der Waals surface area contributed by atoms with Crippen LogP contribution in [0.2, 0.25) is 0 Å². The number of ether oxygens (including phenoxy) is 1. The van der Waals surface area contributed by atoms with Crippen molar-refractivity contribution in [2.24, 2.45) is 0 Å². The highest BCUT2D eigenvalue weighted by Gasteiger charge is 2.02. The third-order valence-corrected chi connectivity index (χ3v) is 2.69. The predicted molar refractivity (Wildman–Crippen MR) is 76.4 cm³/mol. The van der Waals surface area contributed by atoms with Crippen LogP contribution in [0, 0.1) is 24.2 Å². The topological polar surface area (TPSA) is 26.3 Å². The molecule has 2 rings (SSSR count). The fourth-order valence-corrected chi connectivity index (χ4v) is 1.59. The monoisotopic (exact) mass is 259 g/mol. The van der Waals surface area contributed by atoms with E-state index in [2.05, 4.69) is 22.5 Å². The minimum Gasteiger partial charge on any atom is -0.465 e. The van der Waals surface area contributed by atoms with E-state index in [0.717, 1.165) is 16.7 Å². The van der Waals surface area contributed by atoms with Gasteiger partial charge in [0.2, 0.25) is 0 Å². The Labute approximate surface area is 118 Å². The van der Waals surface area contributed by atoms with Crippen molar-refractivity contribution in [2.75, 3.05) is 7.11 Å². The van der Waals surface area contributed by atoms with Gasteiger partial charge in [-0.3, -0.25) is 5.92 Å². The highest BCUT2D eigenvalue weighted by Crippen LogP contribution is 2.06. The molecule has 0 spiro atoms. The van der Waals surface area contributed by atoms with E-state index in [4.69, 9.17) is 6.42 Å². The average molecular weight is 259 g/mol. The van der Waals surface area contributed by atoms with Crippen molar-refractivity contribution in [1.29, 1.82) is 0 Å². The van der Waals surface area contributed by atoms with Crippen LogP contribution in [0.4, 0.5) is 0 Å². The maximum Gasteiger partial charge on any atom is 0.337 e. The number of esters is 1. The van der Waals surface area contributed by atoms with E-state index in [0.29, 0.717) is 5.56 Å². The van der Waals surface area contributed by atoms with Gasteiger partial charge in [-0.05, 0) is 24.3 Å². The van der Waals surface area contributed by atoms with E-state index in [1.807, 2.05) is 12.1 Å². The van der Waals surface area contributed by atoms with E-state index in [1.165, 1.54) is 7.11 Å². The minimum absolute atomic E-state index is 0.358. The van der Waals surface area contributed by atoms with Gasteiger partial charge in [-0.1, -0.05) is 24.0 Å². The highest BCUT2D eigenvalue weighted by molar-refractivity contribution is 5.89. The van der Waals surface area contributed by atoms with Gasteiger partial charge in [-0.2, -0.15) is 0 Å².